The highest BCUT2D eigenvalue weighted by molar-refractivity contribution is 14.1. The predicted molar refractivity (Wildman–Crippen MR) is 74.4 cm³/mol. The van der Waals surface area contributed by atoms with E-state index in [1.807, 2.05) is 18.2 Å². The van der Waals surface area contributed by atoms with Crippen LogP contribution in [0.4, 0.5) is 0 Å². The number of hydrogen-bond acceptors (Lipinski definition) is 2. The summed E-state index contributed by atoms with van der Waals surface area (Å²) in [5, 5.41) is 4.01. The molecule has 74 valence electrons. The molecule has 1 rings (SSSR count). The minimum Gasteiger partial charge on any atom is -0.375 e. The summed E-state index contributed by atoms with van der Waals surface area (Å²) in [6.07, 6.45) is 1.65. The summed E-state index contributed by atoms with van der Waals surface area (Å²) in [4.78, 5) is 0. The molecule has 0 aromatic heterocycles. The van der Waals surface area contributed by atoms with Crippen LogP contribution in [0.1, 0.15) is 5.56 Å². The Bertz CT molecular complexity index is 381. The molecule has 0 aliphatic rings. The predicted octanol–water partition coefficient (Wildman–Crippen LogP) is 2.22. The SMILES string of the molecule is NC(=S)NN=Cc1ccc(I)c(Br)c1. The largest absolute Gasteiger partial charge is 0.375 e. The number of thiocarbonyl (C=S) groups is 1. The van der Waals surface area contributed by atoms with Crippen LogP contribution in [0.25, 0.3) is 0 Å². The molecule has 0 aliphatic heterocycles. The molecule has 3 N–H and O–H groups in total. The second-order valence-corrected chi connectivity index (χ2v) is 4.86. The zero-order valence-corrected chi connectivity index (χ0v) is 11.6. The van der Waals surface area contributed by atoms with E-state index < -0.39 is 0 Å². The van der Waals surface area contributed by atoms with Gasteiger partial charge >= 0.3 is 0 Å². The number of benzene rings is 1. The molecule has 0 unspecified atom stereocenters. The van der Waals surface area contributed by atoms with Crippen LogP contribution >= 0.6 is 50.7 Å². The normalized spacial score (nSPS) is 10.4. The first kappa shape index (κ1) is 11.9. The van der Waals surface area contributed by atoms with Gasteiger partial charge in [-0.2, -0.15) is 5.10 Å². The second kappa shape index (κ2) is 5.62. The summed E-state index contributed by atoms with van der Waals surface area (Å²) in [6, 6.07) is 5.91. The van der Waals surface area contributed by atoms with E-state index in [1.54, 1.807) is 6.21 Å². The molecule has 1 aromatic carbocycles. The van der Waals surface area contributed by atoms with Gasteiger partial charge in [0.2, 0.25) is 0 Å². The maximum absolute atomic E-state index is 5.21. The zero-order valence-electron chi connectivity index (χ0n) is 7.00. The summed E-state index contributed by atoms with van der Waals surface area (Å²) in [5.74, 6) is 0. The Kier molecular flexibility index (Phi) is 4.76. The van der Waals surface area contributed by atoms with Crippen LogP contribution in [0, 0.1) is 3.57 Å². The molecule has 3 nitrogen and oxygen atoms in total. The fourth-order valence-electron chi connectivity index (χ4n) is 0.763. The van der Waals surface area contributed by atoms with Crippen molar-refractivity contribution < 1.29 is 0 Å². The van der Waals surface area contributed by atoms with Gasteiger partial charge < -0.3 is 5.73 Å². The van der Waals surface area contributed by atoms with Gasteiger partial charge in [-0.05, 0) is 68.4 Å². The molecule has 1 aromatic rings. The van der Waals surface area contributed by atoms with Crippen molar-refractivity contribution in [3.8, 4) is 0 Å². The topological polar surface area (TPSA) is 50.4 Å². The molecule has 0 amide bonds. The molecule has 0 bridgehead atoms. The van der Waals surface area contributed by atoms with E-state index in [0.29, 0.717) is 0 Å². The summed E-state index contributed by atoms with van der Waals surface area (Å²) < 4.78 is 2.19. The Labute approximate surface area is 109 Å². The van der Waals surface area contributed by atoms with Crippen molar-refractivity contribution in [2.24, 2.45) is 10.8 Å². The van der Waals surface area contributed by atoms with Crippen LogP contribution in [-0.2, 0) is 0 Å². The minimum atomic E-state index is 0.158. The highest BCUT2D eigenvalue weighted by Gasteiger charge is 1.95. The number of hydrogen-bond donors (Lipinski definition) is 2. The van der Waals surface area contributed by atoms with Crippen molar-refractivity contribution in [3.63, 3.8) is 0 Å². The molecule has 14 heavy (non-hydrogen) atoms. The van der Waals surface area contributed by atoms with E-state index in [1.165, 1.54) is 0 Å². The third-order valence-corrected chi connectivity index (χ3v) is 3.76. The summed E-state index contributed by atoms with van der Waals surface area (Å²) in [6.45, 7) is 0. The van der Waals surface area contributed by atoms with Gasteiger partial charge in [0.25, 0.3) is 0 Å². The van der Waals surface area contributed by atoms with Crippen molar-refractivity contribution in [1.29, 1.82) is 0 Å². The highest BCUT2D eigenvalue weighted by atomic mass is 127. The maximum atomic E-state index is 5.21. The van der Waals surface area contributed by atoms with E-state index in [0.717, 1.165) is 13.6 Å². The summed E-state index contributed by atoms with van der Waals surface area (Å²) in [5.41, 5.74) is 8.67. The lowest BCUT2D eigenvalue weighted by atomic mass is 10.2. The standard InChI is InChI=1S/C8H7BrIN3S/c9-6-3-5(1-2-7(6)10)4-12-13-8(11)14/h1-4H,(H3,11,13,14). The van der Waals surface area contributed by atoms with Gasteiger partial charge in [-0.25, -0.2) is 0 Å². The van der Waals surface area contributed by atoms with Gasteiger partial charge in [-0.3, -0.25) is 5.43 Å². The average molecular weight is 384 g/mol. The smallest absolute Gasteiger partial charge is 0.184 e. The average Bonchev–Trinajstić information content (AvgIpc) is 2.10. The number of nitrogens with two attached hydrogens (primary N) is 1. The van der Waals surface area contributed by atoms with Crippen molar-refractivity contribution in [2.75, 3.05) is 0 Å². The quantitative estimate of drug-likeness (QED) is 0.356. The van der Waals surface area contributed by atoms with E-state index in [2.05, 4.69) is 61.3 Å². The number of nitrogens with zero attached hydrogens (tertiary/aromatic N) is 1. The maximum Gasteiger partial charge on any atom is 0.184 e. The Morgan fingerprint density at radius 1 is 1.64 bits per heavy atom. The Balaban J connectivity index is 2.73. The third-order valence-electron chi connectivity index (χ3n) is 1.33. The van der Waals surface area contributed by atoms with Gasteiger partial charge in [-0.15, -0.1) is 0 Å². The second-order valence-electron chi connectivity index (χ2n) is 2.41. The summed E-state index contributed by atoms with van der Waals surface area (Å²) >= 11 is 10.3. The van der Waals surface area contributed by atoms with Gasteiger partial charge in [0, 0.05) is 8.04 Å². The molecule has 0 fully saturated rings. The number of halogens is 2. The van der Waals surface area contributed by atoms with Crippen LogP contribution in [0.3, 0.4) is 0 Å². The first-order valence-electron chi connectivity index (χ1n) is 3.63. The van der Waals surface area contributed by atoms with Gasteiger partial charge in [0.15, 0.2) is 5.11 Å². The van der Waals surface area contributed by atoms with Crippen molar-refractivity contribution in [2.45, 2.75) is 0 Å². The molecule has 0 radical (unpaired) electrons. The Hall–Kier alpha value is -0.210. The Morgan fingerprint density at radius 3 is 2.93 bits per heavy atom. The van der Waals surface area contributed by atoms with Crippen molar-refractivity contribution in [3.05, 3.63) is 31.8 Å². The number of hydrazone groups is 1. The molecule has 0 atom stereocenters. The Morgan fingerprint density at radius 2 is 2.36 bits per heavy atom. The molecule has 0 saturated heterocycles. The third kappa shape index (κ3) is 3.89. The lowest BCUT2D eigenvalue weighted by molar-refractivity contribution is 1.04. The first-order valence-corrected chi connectivity index (χ1v) is 5.91. The van der Waals surface area contributed by atoms with Crippen molar-refractivity contribution >= 4 is 62.1 Å². The van der Waals surface area contributed by atoms with Crippen molar-refractivity contribution in [1.82, 2.24) is 5.43 Å². The number of nitrogens with one attached hydrogen (secondary N) is 1. The molecular weight excluding hydrogens is 377 g/mol. The van der Waals surface area contributed by atoms with Crippen LogP contribution in [0.15, 0.2) is 27.8 Å². The van der Waals surface area contributed by atoms with Gasteiger partial charge in [-0.1, -0.05) is 6.07 Å². The summed E-state index contributed by atoms with van der Waals surface area (Å²) in [7, 11) is 0. The lowest BCUT2D eigenvalue weighted by Crippen LogP contribution is -2.23. The monoisotopic (exact) mass is 383 g/mol. The molecule has 0 heterocycles. The fourth-order valence-corrected chi connectivity index (χ4v) is 1.55. The molecule has 0 saturated carbocycles. The highest BCUT2D eigenvalue weighted by Crippen LogP contribution is 2.19. The minimum absolute atomic E-state index is 0.158. The molecule has 6 heteroatoms. The van der Waals surface area contributed by atoms with E-state index in [-0.39, 0.29) is 5.11 Å². The fraction of sp³-hybridized carbons (Fsp3) is 0. The lowest BCUT2D eigenvalue weighted by Gasteiger charge is -1.98. The molecular formula is C8H7BrIN3S. The van der Waals surface area contributed by atoms with Crippen LogP contribution < -0.4 is 11.2 Å². The van der Waals surface area contributed by atoms with E-state index in [4.69, 9.17) is 5.73 Å². The van der Waals surface area contributed by atoms with Crippen LogP contribution in [-0.4, -0.2) is 11.3 Å². The van der Waals surface area contributed by atoms with Gasteiger partial charge in [0.1, 0.15) is 0 Å². The van der Waals surface area contributed by atoms with E-state index >= 15 is 0 Å². The van der Waals surface area contributed by atoms with Gasteiger partial charge in [0.05, 0.1) is 6.21 Å². The van der Waals surface area contributed by atoms with Crippen LogP contribution in [0.5, 0.6) is 0 Å². The van der Waals surface area contributed by atoms with E-state index in [9.17, 15) is 0 Å². The first-order chi connectivity index (χ1) is 6.59. The zero-order chi connectivity index (χ0) is 10.6. The molecule has 0 spiro atoms. The number of rotatable bonds is 2. The molecule has 0 aliphatic carbocycles. The van der Waals surface area contributed by atoms with Crippen LogP contribution in [0.2, 0.25) is 0 Å².